The molecule has 1 aromatic heterocycles. The number of cyclic esters (lactones) is 1. The lowest BCUT2D eigenvalue weighted by Crippen LogP contribution is -2.23. The number of hydrogen-bond acceptors (Lipinski definition) is 3. The predicted molar refractivity (Wildman–Crippen MR) is 54.7 cm³/mol. The molecular weight excluding hydrogens is 218 g/mol. The minimum atomic E-state index is -0.283. The van der Waals surface area contributed by atoms with Crippen LogP contribution in [0.2, 0.25) is 5.15 Å². The van der Waals surface area contributed by atoms with E-state index in [4.69, 9.17) is 16.3 Å². The van der Waals surface area contributed by atoms with Crippen LogP contribution in [0.4, 0.5) is 4.79 Å². The van der Waals surface area contributed by atoms with Crippen LogP contribution in [-0.4, -0.2) is 33.9 Å². The second kappa shape index (κ2) is 3.73. The zero-order chi connectivity index (χ0) is 11.0. The summed E-state index contributed by atoms with van der Waals surface area (Å²) < 4.78 is 6.45. The number of aryl methyl sites for hydroxylation is 2. The van der Waals surface area contributed by atoms with Crippen LogP contribution in [0.5, 0.6) is 0 Å². The van der Waals surface area contributed by atoms with Gasteiger partial charge >= 0.3 is 6.09 Å². The maximum Gasteiger partial charge on any atom is 0.410 e. The fourth-order valence-electron chi connectivity index (χ4n) is 1.61. The van der Waals surface area contributed by atoms with Crippen molar-refractivity contribution in [1.29, 1.82) is 0 Å². The van der Waals surface area contributed by atoms with Crippen molar-refractivity contribution in [2.45, 2.75) is 13.5 Å². The summed E-state index contributed by atoms with van der Waals surface area (Å²) >= 11 is 6.06. The van der Waals surface area contributed by atoms with E-state index in [-0.39, 0.29) is 6.09 Å². The highest BCUT2D eigenvalue weighted by Crippen LogP contribution is 2.21. The maximum atomic E-state index is 11.2. The summed E-state index contributed by atoms with van der Waals surface area (Å²) in [5, 5.41) is 4.76. The van der Waals surface area contributed by atoms with Gasteiger partial charge in [-0.25, -0.2) is 4.79 Å². The molecule has 2 heterocycles. The Bertz CT molecular complexity index is 402. The van der Waals surface area contributed by atoms with Crippen molar-refractivity contribution >= 4 is 17.7 Å². The Labute approximate surface area is 92.6 Å². The monoisotopic (exact) mass is 229 g/mol. The van der Waals surface area contributed by atoms with Gasteiger partial charge < -0.3 is 9.64 Å². The molecule has 1 saturated heterocycles. The van der Waals surface area contributed by atoms with Crippen LogP contribution in [0.1, 0.15) is 11.3 Å². The third-order valence-electron chi connectivity index (χ3n) is 2.46. The summed E-state index contributed by atoms with van der Waals surface area (Å²) in [7, 11) is 1.78. The number of carbonyl (C=O) groups is 1. The third kappa shape index (κ3) is 1.79. The molecule has 5 nitrogen and oxygen atoms in total. The molecule has 2 rings (SSSR count). The summed E-state index contributed by atoms with van der Waals surface area (Å²) in [6, 6.07) is 0. The van der Waals surface area contributed by atoms with Crippen LogP contribution in [0.15, 0.2) is 0 Å². The van der Waals surface area contributed by atoms with Crippen molar-refractivity contribution < 1.29 is 9.53 Å². The van der Waals surface area contributed by atoms with Gasteiger partial charge in [0.2, 0.25) is 0 Å². The fourth-order valence-corrected chi connectivity index (χ4v) is 1.85. The largest absolute Gasteiger partial charge is 0.448 e. The Kier molecular flexibility index (Phi) is 2.56. The molecule has 0 bridgehead atoms. The van der Waals surface area contributed by atoms with Crippen molar-refractivity contribution in [1.82, 2.24) is 14.7 Å². The summed E-state index contributed by atoms with van der Waals surface area (Å²) in [6.45, 7) is 3.42. The number of amides is 1. The van der Waals surface area contributed by atoms with Crippen LogP contribution in [0.25, 0.3) is 0 Å². The lowest BCUT2D eigenvalue weighted by atomic mass is 10.2. The maximum absolute atomic E-state index is 11.2. The third-order valence-corrected chi connectivity index (χ3v) is 2.94. The Balaban J connectivity index is 2.20. The van der Waals surface area contributed by atoms with E-state index in [2.05, 4.69) is 5.10 Å². The van der Waals surface area contributed by atoms with E-state index in [9.17, 15) is 4.79 Å². The molecule has 82 valence electrons. The minimum Gasteiger partial charge on any atom is -0.448 e. The van der Waals surface area contributed by atoms with Crippen LogP contribution in [-0.2, 0) is 18.3 Å². The lowest BCUT2D eigenvalue weighted by Gasteiger charge is -2.11. The van der Waals surface area contributed by atoms with Crippen LogP contribution < -0.4 is 0 Å². The first kappa shape index (κ1) is 10.3. The number of hydrogen-bond donors (Lipinski definition) is 0. The zero-order valence-electron chi connectivity index (χ0n) is 8.66. The van der Waals surface area contributed by atoms with Crippen molar-refractivity contribution in [3.05, 3.63) is 16.4 Å². The molecule has 0 aromatic carbocycles. The lowest BCUT2D eigenvalue weighted by molar-refractivity contribution is 0.157. The van der Waals surface area contributed by atoms with E-state index in [1.165, 1.54) is 0 Å². The molecule has 1 amide bonds. The molecule has 0 saturated carbocycles. The van der Waals surface area contributed by atoms with Gasteiger partial charge in [0, 0.05) is 12.6 Å². The van der Waals surface area contributed by atoms with Gasteiger partial charge in [0.05, 0.1) is 18.8 Å². The molecule has 0 atom stereocenters. The van der Waals surface area contributed by atoms with Gasteiger partial charge in [-0.15, -0.1) is 0 Å². The average molecular weight is 230 g/mol. The van der Waals surface area contributed by atoms with Gasteiger partial charge in [-0.1, -0.05) is 11.6 Å². The zero-order valence-corrected chi connectivity index (χ0v) is 9.41. The summed E-state index contributed by atoms with van der Waals surface area (Å²) in [4.78, 5) is 12.9. The molecule has 1 aliphatic rings. The van der Waals surface area contributed by atoms with Crippen molar-refractivity contribution in [2.75, 3.05) is 13.2 Å². The summed E-state index contributed by atoms with van der Waals surface area (Å²) in [6.07, 6.45) is -0.283. The van der Waals surface area contributed by atoms with Crippen molar-refractivity contribution in [3.8, 4) is 0 Å². The topological polar surface area (TPSA) is 47.4 Å². The minimum absolute atomic E-state index is 0.283. The van der Waals surface area contributed by atoms with Crippen molar-refractivity contribution in [2.24, 2.45) is 7.05 Å². The Morgan fingerprint density at radius 2 is 2.33 bits per heavy atom. The molecule has 0 radical (unpaired) electrons. The van der Waals surface area contributed by atoms with E-state index >= 15 is 0 Å². The van der Waals surface area contributed by atoms with E-state index in [1.807, 2.05) is 6.92 Å². The molecule has 1 fully saturated rings. The van der Waals surface area contributed by atoms with E-state index in [1.54, 1.807) is 16.6 Å². The first-order valence-electron chi connectivity index (χ1n) is 4.69. The summed E-state index contributed by atoms with van der Waals surface area (Å²) in [5.74, 6) is 0. The molecule has 1 aromatic rings. The van der Waals surface area contributed by atoms with Gasteiger partial charge in [0.1, 0.15) is 11.8 Å². The normalized spacial score (nSPS) is 15.9. The Hall–Kier alpha value is -1.23. The molecule has 0 aliphatic carbocycles. The van der Waals surface area contributed by atoms with Gasteiger partial charge in [-0.05, 0) is 6.92 Å². The second-order valence-electron chi connectivity index (χ2n) is 3.51. The molecule has 0 spiro atoms. The number of nitrogens with zero attached hydrogens (tertiary/aromatic N) is 3. The number of ether oxygens (including phenoxy) is 1. The predicted octanol–water partition coefficient (Wildman–Crippen LogP) is 1.33. The van der Waals surface area contributed by atoms with Gasteiger partial charge in [0.15, 0.2) is 0 Å². The second-order valence-corrected chi connectivity index (χ2v) is 3.87. The van der Waals surface area contributed by atoms with Crippen molar-refractivity contribution in [3.63, 3.8) is 0 Å². The molecule has 15 heavy (non-hydrogen) atoms. The molecule has 0 unspecified atom stereocenters. The molecule has 6 heteroatoms. The number of rotatable bonds is 2. The molecule has 1 aliphatic heterocycles. The smallest absolute Gasteiger partial charge is 0.410 e. The van der Waals surface area contributed by atoms with E-state index in [0.717, 1.165) is 11.3 Å². The summed E-state index contributed by atoms with van der Waals surface area (Å²) in [5.41, 5.74) is 1.74. The first-order chi connectivity index (χ1) is 7.09. The number of halogens is 1. The molecular formula is C9H12ClN3O2. The van der Waals surface area contributed by atoms with Gasteiger partial charge in [-0.2, -0.15) is 5.10 Å². The Morgan fingerprint density at radius 1 is 1.60 bits per heavy atom. The van der Waals surface area contributed by atoms with Gasteiger partial charge in [0.25, 0.3) is 0 Å². The van der Waals surface area contributed by atoms with Gasteiger partial charge in [-0.3, -0.25) is 4.68 Å². The first-order valence-corrected chi connectivity index (χ1v) is 5.07. The average Bonchev–Trinajstić information content (AvgIpc) is 2.67. The SMILES string of the molecule is Cc1nn(C)c(Cl)c1CN1CCOC1=O. The standard InChI is InChI=1S/C9H12ClN3O2/c1-6-7(8(10)12(2)11-6)5-13-3-4-15-9(13)14/h3-5H2,1-2H3. The van der Waals surface area contributed by atoms with Crippen LogP contribution in [0.3, 0.4) is 0 Å². The quantitative estimate of drug-likeness (QED) is 0.769. The van der Waals surface area contributed by atoms with Crippen LogP contribution >= 0.6 is 11.6 Å². The number of carbonyl (C=O) groups excluding carboxylic acids is 1. The highest BCUT2D eigenvalue weighted by atomic mass is 35.5. The Morgan fingerprint density at radius 3 is 2.80 bits per heavy atom. The number of aromatic nitrogens is 2. The van der Waals surface area contributed by atoms with Crippen LogP contribution in [0, 0.1) is 6.92 Å². The fraction of sp³-hybridized carbons (Fsp3) is 0.556. The molecule has 0 N–H and O–H groups in total. The highest BCUT2D eigenvalue weighted by Gasteiger charge is 2.24. The van der Waals surface area contributed by atoms with E-state index < -0.39 is 0 Å². The van der Waals surface area contributed by atoms with E-state index in [0.29, 0.717) is 24.8 Å². The highest BCUT2D eigenvalue weighted by molar-refractivity contribution is 6.30.